The Balaban J connectivity index is 1.98. The largest absolute Gasteiger partial charge is 0.492 e. The van der Waals surface area contributed by atoms with Gasteiger partial charge in [0.1, 0.15) is 5.75 Å². The fourth-order valence-corrected chi connectivity index (χ4v) is 2.10. The summed E-state index contributed by atoms with van der Waals surface area (Å²) in [4.78, 5) is 0. The molecule has 0 heterocycles. The lowest BCUT2D eigenvalue weighted by Crippen LogP contribution is -2.16. The summed E-state index contributed by atoms with van der Waals surface area (Å²) in [7, 11) is 0. The summed E-state index contributed by atoms with van der Waals surface area (Å²) in [6, 6.07) is 6.55. The Kier molecular flexibility index (Phi) is 5.01. The topological polar surface area (TPSA) is 21.3 Å². The number of rotatable bonds is 7. The number of halogens is 1. The van der Waals surface area contributed by atoms with Gasteiger partial charge in [0.15, 0.2) is 0 Å². The molecule has 17 heavy (non-hydrogen) atoms. The van der Waals surface area contributed by atoms with E-state index >= 15 is 0 Å². The molecule has 1 aliphatic rings. The van der Waals surface area contributed by atoms with E-state index in [4.69, 9.17) is 16.3 Å². The first-order valence-corrected chi connectivity index (χ1v) is 7.71. The van der Waals surface area contributed by atoms with Crippen LogP contribution in [0.5, 0.6) is 5.75 Å². The molecule has 4 heteroatoms. The SMILES string of the molecule is CSCCOc1cccc(Cl)c1CNC1CC1. The minimum absolute atomic E-state index is 0.685. The van der Waals surface area contributed by atoms with E-state index in [9.17, 15) is 0 Å². The van der Waals surface area contributed by atoms with Crippen molar-refractivity contribution >= 4 is 23.4 Å². The lowest BCUT2D eigenvalue weighted by molar-refractivity contribution is 0.339. The highest BCUT2D eigenvalue weighted by Gasteiger charge is 2.21. The molecule has 2 nitrogen and oxygen atoms in total. The van der Waals surface area contributed by atoms with Crippen LogP contribution in [-0.4, -0.2) is 24.7 Å². The zero-order valence-electron chi connectivity index (χ0n) is 10.0. The first-order chi connectivity index (χ1) is 8.31. The van der Waals surface area contributed by atoms with Crippen molar-refractivity contribution in [3.8, 4) is 5.75 Å². The van der Waals surface area contributed by atoms with E-state index in [0.717, 1.165) is 35.2 Å². The Hall–Kier alpha value is -0.380. The van der Waals surface area contributed by atoms with Crippen molar-refractivity contribution < 1.29 is 4.74 Å². The monoisotopic (exact) mass is 271 g/mol. The molecule has 1 fully saturated rings. The van der Waals surface area contributed by atoms with E-state index in [1.54, 1.807) is 11.8 Å². The smallest absolute Gasteiger partial charge is 0.125 e. The maximum Gasteiger partial charge on any atom is 0.125 e. The minimum Gasteiger partial charge on any atom is -0.492 e. The van der Waals surface area contributed by atoms with Gasteiger partial charge in [0.05, 0.1) is 6.61 Å². The first kappa shape index (κ1) is 13.1. The fraction of sp³-hybridized carbons (Fsp3) is 0.538. The van der Waals surface area contributed by atoms with Crippen LogP contribution in [0.2, 0.25) is 5.02 Å². The molecular weight excluding hydrogens is 254 g/mol. The Bertz CT molecular complexity index is 368. The third-order valence-corrected chi connectivity index (χ3v) is 3.69. The van der Waals surface area contributed by atoms with Crippen molar-refractivity contribution in [2.24, 2.45) is 0 Å². The van der Waals surface area contributed by atoms with Crippen molar-refractivity contribution in [1.82, 2.24) is 5.32 Å². The van der Waals surface area contributed by atoms with Crippen molar-refractivity contribution in [1.29, 1.82) is 0 Å². The third kappa shape index (κ3) is 4.09. The summed E-state index contributed by atoms with van der Waals surface area (Å²) in [5, 5.41) is 4.27. The van der Waals surface area contributed by atoms with Crippen molar-refractivity contribution in [2.75, 3.05) is 18.6 Å². The summed E-state index contributed by atoms with van der Waals surface area (Å²) < 4.78 is 5.77. The molecule has 1 aromatic carbocycles. The van der Waals surface area contributed by atoms with Crippen molar-refractivity contribution in [3.63, 3.8) is 0 Å². The van der Waals surface area contributed by atoms with Gasteiger partial charge in [-0.15, -0.1) is 0 Å². The molecule has 0 unspecified atom stereocenters. The van der Waals surface area contributed by atoms with Gasteiger partial charge in [0.25, 0.3) is 0 Å². The molecule has 0 saturated heterocycles. The van der Waals surface area contributed by atoms with Crippen LogP contribution >= 0.6 is 23.4 Å². The predicted molar refractivity (Wildman–Crippen MR) is 75.2 cm³/mol. The van der Waals surface area contributed by atoms with Crippen LogP contribution in [0, 0.1) is 0 Å². The van der Waals surface area contributed by atoms with E-state index in [0.29, 0.717) is 6.04 Å². The first-order valence-electron chi connectivity index (χ1n) is 5.94. The summed E-state index contributed by atoms with van der Waals surface area (Å²) in [6.45, 7) is 1.54. The molecule has 0 radical (unpaired) electrons. The Labute approximate surface area is 112 Å². The summed E-state index contributed by atoms with van der Waals surface area (Å²) in [6.07, 6.45) is 4.65. The summed E-state index contributed by atoms with van der Waals surface area (Å²) >= 11 is 8.01. The van der Waals surface area contributed by atoms with Gasteiger partial charge in [-0.2, -0.15) is 11.8 Å². The molecule has 0 aromatic heterocycles. The number of nitrogens with one attached hydrogen (secondary N) is 1. The Morgan fingerprint density at radius 2 is 2.29 bits per heavy atom. The average molecular weight is 272 g/mol. The maximum atomic E-state index is 6.22. The molecule has 1 saturated carbocycles. The van der Waals surface area contributed by atoms with Crippen LogP contribution in [0.25, 0.3) is 0 Å². The second-order valence-electron chi connectivity index (χ2n) is 4.21. The zero-order valence-corrected chi connectivity index (χ0v) is 11.6. The normalized spacial score (nSPS) is 14.9. The Morgan fingerprint density at radius 3 is 3.00 bits per heavy atom. The maximum absolute atomic E-state index is 6.22. The summed E-state index contributed by atoms with van der Waals surface area (Å²) in [5.74, 6) is 1.92. The second kappa shape index (κ2) is 6.53. The third-order valence-electron chi connectivity index (χ3n) is 2.77. The van der Waals surface area contributed by atoms with Gasteiger partial charge >= 0.3 is 0 Å². The average Bonchev–Trinajstić information content (AvgIpc) is 3.12. The molecular formula is C13H18ClNOS. The molecule has 0 bridgehead atoms. The van der Waals surface area contributed by atoms with Crippen molar-refractivity contribution in [3.05, 3.63) is 28.8 Å². The predicted octanol–water partition coefficient (Wildman–Crippen LogP) is 3.33. The molecule has 0 aliphatic heterocycles. The van der Waals surface area contributed by atoms with Crippen LogP contribution < -0.4 is 10.1 Å². The van der Waals surface area contributed by atoms with E-state index < -0.39 is 0 Å². The molecule has 94 valence electrons. The molecule has 1 aromatic rings. The van der Waals surface area contributed by atoms with Gasteiger partial charge < -0.3 is 10.1 Å². The van der Waals surface area contributed by atoms with Gasteiger partial charge in [-0.3, -0.25) is 0 Å². The van der Waals surface area contributed by atoms with E-state index in [2.05, 4.69) is 11.6 Å². The molecule has 1 aliphatic carbocycles. The number of hydrogen-bond acceptors (Lipinski definition) is 3. The van der Waals surface area contributed by atoms with Crippen molar-refractivity contribution in [2.45, 2.75) is 25.4 Å². The fourth-order valence-electron chi connectivity index (χ4n) is 1.61. The second-order valence-corrected chi connectivity index (χ2v) is 5.61. The molecule has 0 spiro atoms. The minimum atomic E-state index is 0.685. The zero-order chi connectivity index (χ0) is 12.1. The van der Waals surface area contributed by atoms with Gasteiger partial charge in [-0.05, 0) is 31.2 Å². The van der Waals surface area contributed by atoms with Crippen LogP contribution in [0.15, 0.2) is 18.2 Å². The number of ether oxygens (including phenoxy) is 1. The lowest BCUT2D eigenvalue weighted by Gasteiger charge is -2.13. The molecule has 0 amide bonds. The highest BCUT2D eigenvalue weighted by Crippen LogP contribution is 2.28. The standard InChI is InChI=1S/C13H18ClNOS/c1-17-8-7-16-13-4-2-3-12(14)11(13)9-15-10-5-6-10/h2-4,10,15H,5-9H2,1H3. The number of thioether (sulfide) groups is 1. The molecule has 2 rings (SSSR count). The Morgan fingerprint density at radius 1 is 1.47 bits per heavy atom. The van der Waals surface area contributed by atoms with Gasteiger partial charge in [-0.1, -0.05) is 17.7 Å². The number of benzene rings is 1. The van der Waals surface area contributed by atoms with Crippen LogP contribution in [0.4, 0.5) is 0 Å². The number of hydrogen-bond donors (Lipinski definition) is 1. The quantitative estimate of drug-likeness (QED) is 0.769. The highest BCUT2D eigenvalue weighted by molar-refractivity contribution is 7.98. The van der Waals surface area contributed by atoms with E-state index in [1.807, 2.05) is 18.2 Å². The van der Waals surface area contributed by atoms with E-state index in [-0.39, 0.29) is 0 Å². The van der Waals surface area contributed by atoms with Gasteiger partial charge in [-0.25, -0.2) is 0 Å². The highest BCUT2D eigenvalue weighted by atomic mass is 35.5. The summed E-state index contributed by atoms with van der Waals surface area (Å²) in [5.41, 5.74) is 1.09. The molecule has 1 N–H and O–H groups in total. The van der Waals surface area contributed by atoms with Crippen LogP contribution in [0.3, 0.4) is 0 Å². The van der Waals surface area contributed by atoms with E-state index in [1.165, 1.54) is 12.8 Å². The molecule has 0 atom stereocenters. The lowest BCUT2D eigenvalue weighted by atomic mass is 10.2. The van der Waals surface area contributed by atoms with Gasteiger partial charge in [0, 0.05) is 28.9 Å². The van der Waals surface area contributed by atoms with Crippen LogP contribution in [-0.2, 0) is 6.54 Å². The van der Waals surface area contributed by atoms with Crippen LogP contribution in [0.1, 0.15) is 18.4 Å². The van der Waals surface area contributed by atoms with Gasteiger partial charge in [0.2, 0.25) is 0 Å².